The van der Waals surface area contributed by atoms with Crippen molar-refractivity contribution >= 4 is 27.8 Å². The summed E-state index contributed by atoms with van der Waals surface area (Å²) in [6.07, 6.45) is -2.25. The number of hydrogen-bond donors (Lipinski definition) is 2. The van der Waals surface area contributed by atoms with Crippen LogP contribution in [0.3, 0.4) is 0 Å². The monoisotopic (exact) mass is 618 g/mol. The lowest BCUT2D eigenvalue weighted by molar-refractivity contribution is -0.138. The Balaban J connectivity index is 0.000000743. The first-order valence-corrected chi connectivity index (χ1v) is 14.4. The number of fused-ring (bicyclic) bond motifs is 1. The van der Waals surface area contributed by atoms with Crippen molar-refractivity contribution < 1.29 is 32.9 Å². The van der Waals surface area contributed by atoms with Crippen molar-refractivity contribution in [2.45, 2.75) is 58.9 Å². The standard InChI is InChI=1S/C31H23F3N2O4.C4H10O/c1-17-14-24-21(7-9-26(37)36(24)16-18-2-4-20(5-3-18)31(32,33)34)29(23(17)15-27(38)39)22-6-8-25-28-19(11-13-40-25)10-12-35-30(22)28;1-4(2,3)5/h2-10,12,14H,11,13,15-16H2,1H3,(H,38,39);5H,1-3H3. The van der Waals surface area contributed by atoms with E-state index in [1.165, 1.54) is 22.8 Å². The Labute approximate surface area is 257 Å². The van der Waals surface area contributed by atoms with Crippen molar-refractivity contribution in [3.63, 3.8) is 0 Å². The molecule has 1 aliphatic heterocycles. The summed E-state index contributed by atoms with van der Waals surface area (Å²) in [5.41, 5.74) is 3.88. The highest BCUT2D eigenvalue weighted by Gasteiger charge is 2.30. The highest BCUT2D eigenvalue weighted by Crippen LogP contribution is 2.42. The van der Waals surface area contributed by atoms with Crippen LogP contribution >= 0.6 is 0 Å². The Morgan fingerprint density at radius 3 is 2.36 bits per heavy atom. The third kappa shape index (κ3) is 6.86. The predicted octanol–water partition coefficient (Wildman–Crippen LogP) is 6.93. The van der Waals surface area contributed by atoms with Gasteiger partial charge in [0.2, 0.25) is 0 Å². The van der Waals surface area contributed by atoms with Crippen LogP contribution in [0.25, 0.3) is 32.9 Å². The normalized spacial score (nSPS) is 12.9. The van der Waals surface area contributed by atoms with Gasteiger partial charge in [0.25, 0.3) is 5.56 Å². The fourth-order valence-corrected chi connectivity index (χ4v) is 5.55. The third-order valence-corrected chi connectivity index (χ3v) is 7.41. The highest BCUT2D eigenvalue weighted by molar-refractivity contribution is 6.08. The minimum Gasteiger partial charge on any atom is -0.493 e. The summed E-state index contributed by atoms with van der Waals surface area (Å²) in [4.78, 5) is 29.7. The van der Waals surface area contributed by atoms with Gasteiger partial charge >= 0.3 is 12.1 Å². The van der Waals surface area contributed by atoms with Crippen LogP contribution in [0.4, 0.5) is 13.2 Å². The zero-order valence-corrected chi connectivity index (χ0v) is 25.3. The van der Waals surface area contributed by atoms with E-state index in [0.29, 0.717) is 51.0 Å². The second-order valence-electron chi connectivity index (χ2n) is 12.1. The van der Waals surface area contributed by atoms with Crippen molar-refractivity contribution in [3.05, 3.63) is 105 Å². The third-order valence-electron chi connectivity index (χ3n) is 7.41. The van der Waals surface area contributed by atoms with Crippen molar-refractivity contribution in [2.75, 3.05) is 6.61 Å². The van der Waals surface area contributed by atoms with Gasteiger partial charge in [0.15, 0.2) is 0 Å². The molecule has 0 aliphatic carbocycles. The van der Waals surface area contributed by atoms with Gasteiger partial charge in [0.1, 0.15) is 5.75 Å². The Hall–Kier alpha value is -4.70. The molecule has 45 heavy (non-hydrogen) atoms. The number of nitrogens with zero attached hydrogens (tertiary/aromatic N) is 2. The van der Waals surface area contributed by atoms with Crippen LogP contribution in [-0.4, -0.2) is 37.9 Å². The summed E-state index contributed by atoms with van der Waals surface area (Å²) in [6.45, 7) is 7.62. The van der Waals surface area contributed by atoms with E-state index in [-0.39, 0.29) is 18.5 Å². The van der Waals surface area contributed by atoms with E-state index < -0.39 is 23.3 Å². The number of hydrogen-bond acceptors (Lipinski definition) is 5. The van der Waals surface area contributed by atoms with E-state index in [2.05, 4.69) is 4.98 Å². The molecule has 1 aliphatic rings. The molecule has 0 bridgehead atoms. The Kier molecular flexibility index (Phi) is 8.46. The maximum atomic E-state index is 13.1. The summed E-state index contributed by atoms with van der Waals surface area (Å²) in [5.74, 6) is -0.287. The molecule has 0 saturated carbocycles. The fraction of sp³-hybridized carbons (Fsp3) is 0.286. The number of aliphatic carboxylic acids is 1. The van der Waals surface area contributed by atoms with Crippen LogP contribution in [-0.2, 0) is 30.4 Å². The lowest BCUT2D eigenvalue weighted by Crippen LogP contribution is -2.21. The summed E-state index contributed by atoms with van der Waals surface area (Å²) in [7, 11) is 0. The molecule has 0 fully saturated rings. The molecule has 0 spiro atoms. The van der Waals surface area contributed by atoms with E-state index in [9.17, 15) is 27.9 Å². The first-order valence-electron chi connectivity index (χ1n) is 14.4. The van der Waals surface area contributed by atoms with Crippen molar-refractivity contribution in [1.82, 2.24) is 9.55 Å². The van der Waals surface area contributed by atoms with Crippen molar-refractivity contribution in [3.8, 4) is 16.9 Å². The summed E-state index contributed by atoms with van der Waals surface area (Å²) < 4.78 is 46.6. The number of benzene rings is 3. The summed E-state index contributed by atoms with van der Waals surface area (Å²) >= 11 is 0. The minimum absolute atomic E-state index is 0.0430. The number of ether oxygens (including phenoxy) is 1. The molecule has 0 saturated heterocycles. The summed E-state index contributed by atoms with van der Waals surface area (Å²) in [6, 6.07) is 15.2. The molecule has 2 aromatic heterocycles. The molecule has 7 nitrogen and oxygen atoms in total. The second-order valence-corrected chi connectivity index (χ2v) is 12.1. The van der Waals surface area contributed by atoms with Crippen LogP contribution in [0.2, 0.25) is 0 Å². The minimum atomic E-state index is -4.46. The maximum absolute atomic E-state index is 13.1. The average molecular weight is 619 g/mol. The maximum Gasteiger partial charge on any atom is 0.416 e. The Bertz CT molecular complexity index is 1960. The van der Waals surface area contributed by atoms with Gasteiger partial charge in [0, 0.05) is 35.0 Å². The van der Waals surface area contributed by atoms with Crippen LogP contribution < -0.4 is 10.3 Å². The van der Waals surface area contributed by atoms with Gasteiger partial charge in [-0.05, 0) is 98.0 Å². The zero-order valence-electron chi connectivity index (χ0n) is 25.3. The molecule has 0 unspecified atom stereocenters. The molecule has 0 radical (unpaired) electrons. The SMILES string of the molecule is CC(C)(C)O.Cc1cc2c(ccc(=O)n2Cc2ccc(C(F)(F)F)cc2)c(-c2ccc3c4c(ccnc24)CCO3)c1CC(=O)O. The molecular weight excluding hydrogens is 585 g/mol. The topological polar surface area (TPSA) is 102 Å². The molecule has 3 aromatic carbocycles. The quantitative estimate of drug-likeness (QED) is 0.222. The number of aliphatic hydroxyl groups is 1. The van der Waals surface area contributed by atoms with Crippen molar-refractivity contribution in [2.24, 2.45) is 0 Å². The number of aromatic nitrogens is 2. The molecule has 10 heteroatoms. The predicted molar refractivity (Wildman–Crippen MR) is 167 cm³/mol. The molecule has 234 valence electrons. The van der Waals surface area contributed by atoms with Crippen LogP contribution in [0, 0.1) is 6.92 Å². The molecule has 2 N–H and O–H groups in total. The van der Waals surface area contributed by atoms with Gasteiger partial charge in [0.05, 0.1) is 41.8 Å². The number of aryl methyl sites for hydroxylation is 1. The fourth-order valence-electron chi connectivity index (χ4n) is 5.55. The van der Waals surface area contributed by atoms with E-state index in [0.717, 1.165) is 35.1 Å². The Morgan fingerprint density at radius 1 is 1.02 bits per heavy atom. The smallest absolute Gasteiger partial charge is 0.416 e. The van der Waals surface area contributed by atoms with Crippen molar-refractivity contribution in [1.29, 1.82) is 0 Å². The van der Waals surface area contributed by atoms with Gasteiger partial charge in [-0.15, -0.1) is 0 Å². The zero-order chi connectivity index (χ0) is 32.7. The largest absolute Gasteiger partial charge is 0.493 e. The first-order chi connectivity index (χ1) is 21.1. The van der Waals surface area contributed by atoms with Gasteiger partial charge in [-0.2, -0.15) is 13.2 Å². The Morgan fingerprint density at radius 2 is 1.71 bits per heavy atom. The molecule has 0 atom stereocenters. The first kappa shape index (κ1) is 31.7. The number of halogens is 3. The van der Waals surface area contributed by atoms with E-state index in [1.54, 1.807) is 46.0 Å². The molecule has 6 rings (SSSR count). The van der Waals surface area contributed by atoms with Gasteiger partial charge in [-0.1, -0.05) is 12.1 Å². The molecule has 3 heterocycles. The van der Waals surface area contributed by atoms with Gasteiger partial charge in [-0.3, -0.25) is 14.6 Å². The molecular formula is C35H33F3N2O5. The average Bonchev–Trinajstić information content (AvgIpc) is 2.95. The van der Waals surface area contributed by atoms with Gasteiger partial charge < -0.3 is 19.5 Å². The van der Waals surface area contributed by atoms with E-state index in [1.807, 2.05) is 18.2 Å². The summed E-state index contributed by atoms with van der Waals surface area (Å²) in [5, 5.41) is 19.8. The number of rotatable bonds is 5. The van der Waals surface area contributed by atoms with Crippen LogP contribution in [0.5, 0.6) is 5.75 Å². The van der Waals surface area contributed by atoms with E-state index in [4.69, 9.17) is 9.84 Å². The van der Waals surface area contributed by atoms with Crippen LogP contribution in [0.15, 0.2) is 71.7 Å². The number of pyridine rings is 2. The lowest BCUT2D eigenvalue weighted by atomic mass is 9.87. The second kappa shape index (κ2) is 12.0. The molecule has 5 aromatic rings. The molecule has 0 amide bonds. The van der Waals surface area contributed by atoms with E-state index >= 15 is 0 Å². The van der Waals surface area contributed by atoms with Crippen LogP contribution in [0.1, 0.15) is 48.6 Å². The number of alkyl halides is 3. The van der Waals surface area contributed by atoms with Gasteiger partial charge in [-0.25, -0.2) is 0 Å². The lowest BCUT2D eigenvalue weighted by Gasteiger charge is -2.22. The highest BCUT2D eigenvalue weighted by atomic mass is 19.4. The number of carboxylic acids is 1. The number of carbonyl (C=O) groups is 1. The number of carboxylic acid groups (broad SMARTS) is 1.